The first-order chi connectivity index (χ1) is 9.99. The molecule has 108 valence electrons. The fourth-order valence-electron chi connectivity index (χ4n) is 1.85. The van der Waals surface area contributed by atoms with Crippen LogP contribution in [0, 0.1) is 10.1 Å². The van der Waals surface area contributed by atoms with Crippen molar-refractivity contribution in [1.82, 2.24) is 10.3 Å². The van der Waals surface area contributed by atoms with E-state index in [0.29, 0.717) is 0 Å². The Kier molecular flexibility index (Phi) is 4.13. The second-order valence-electron chi connectivity index (χ2n) is 4.48. The van der Waals surface area contributed by atoms with E-state index in [4.69, 9.17) is 5.73 Å². The van der Waals surface area contributed by atoms with Crippen LogP contribution < -0.4 is 11.1 Å². The normalized spacial score (nSPS) is 11.7. The van der Waals surface area contributed by atoms with E-state index in [9.17, 15) is 14.9 Å². The number of carbonyl (C=O) groups is 1. The largest absolute Gasteiger partial charge is 0.393 e. The van der Waals surface area contributed by atoms with Crippen LogP contribution in [0.15, 0.2) is 42.6 Å². The Morgan fingerprint density at radius 3 is 2.71 bits per heavy atom. The molecular weight excluding hydrogens is 272 g/mol. The third-order valence-electron chi connectivity index (χ3n) is 2.97. The van der Waals surface area contributed by atoms with Gasteiger partial charge >= 0.3 is 0 Å². The van der Waals surface area contributed by atoms with Gasteiger partial charge in [0.25, 0.3) is 11.6 Å². The van der Waals surface area contributed by atoms with Gasteiger partial charge in [-0.15, -0.1) is 0 Å². The number of nitro groups is 1. The van der Waals surface area contributed by atoms with Gasteiger partial charge in [0.15, 0.2) is 0 Å². The highest BCUT2D eigenvalue weighted by Crippen LogP contribution is 2.22. The van der Waals surface area contributed by atoms with Crippen molar-refractivity contribution >= 4 is 17.3 Å². The highest BCUT2D eigenvalue weighted by molar-refractivity contribution is 5.95. The number of hydrogen-bond acceptors (Lipinski definition) is 5. The number of anilines is 1. The molecule has 0 saturated carbocycles. The average Bonchev–Trinajstić information content (AvgIpc) is 2.47. The molecule has 0 spiro atoms. The number of amides is 1. The number of nitro benzene ring substituents is 1. The Morgan fingerprint density at radius 2 is 2.14 bits per heavy atom. The average molecular weight is 286 g/mol. The molecule has 1 unspecified atom stereocenters. The SMILES string of the molecule is CC(NC(=O)c1ccc([N+](=O)[O-])c(N)c1)c1ccccn1. The third-order valence-corrected chi connectivity index (χ3v) is 2.97. The first-order valence-electron chi connectivity index (χ1n) is 6.24. The van der Waals surface area contributed by atoms with Gasteiger partial charge < -0.3 is 11.1 Å². The van der Waals surface area contributed by atoms with Gasteiger partial charge in [-0.3, -0.25) is 19.9 Å². The van der Waals surface area contributed by atoms with Crippen LogP contribution >= 0.6 is 0 Å². The van der Waals surface area contributed by atoms with Crippen molar-refractivity contribution in [3.05, 3.63) is 64.0 Å². The van der Waals surface area contributed by atoms with Crippen molar-refractivity contribution in [3.63, 3.8) is 0 Å². The minimum Gasteiger partial charge on any atom is -0.393 e. The second kappa shape index (κ2) is 6.00. The number of hydrogen-bond donors (Lipinski definition) is 2. The predicted octanol–water partition coefficient (Wildman–Crippen LogP) is 2.06. The van der Waals surface area contributed by atoms with Crippen molar-refractivity contribution in [3.8, 4) is 0 Å². The standard InChI is InChI=1S/C14H14N4O3/c1-9(12-4-2-3-7-16-12)17-14(19)10-5-6-13(18(20)21)11(15)8-10/h2-9H,15H2,1H3,(H,17,19). The van der Waals surface area contributed by atoms with Crippen LogP contribution in [0.4, 0.5) is 11.4 Å². The summed E-state index contributed by atoms with van der Waals surface area (Å²) in [6.07, 6.45) is 1.64. The summed E-state index contributed by atoms with van der Waals surface area (Å²) < 4.78 is 0. The van der Waals surface area contributed by atoms with Crippen LogP contribution in [0.25, 0.3) is 0 Å². The summed E-state index contributed by atoms with van der Waals surface area (Å²) in [7, 11) is 0. The number of nitrogens with two attached hydrogens (primary N) is 1. The fraction of sp³-hybridized carbons (Fsp3) is 0.143. The number of rotatable bonds is 4. The molecule has 7 heteroatoms. The minimum atomic E-state index is -0.590. The molecule has 1 heterocycles. The number of aromatic nitrogens is 1. The number of nitrogens with one attached hydrogen (secondary N) is 1. The molecule has 3 N–H and O–H groups in total. The third kappa shape index (κ3) is 3.33. The first-order valence-corrected chi connectivity index (χ1v) is 6.24. The van der Waals surface area contributed by atoms with Crippen molar-refractivity contribution in [2.45, 2.75) is 13.0 Å². The first kappa shape index (κ1) is 14.4. The van der Waals surface area contributed by atoms with Crippen molar-refractivity contribution in [2.75, 3.05) is 5.73 Å². The Balaban J connectivity index is 2.14. The summed E-state index contributed by atoms with van der Waals surface area (Å²) in [4.78, 5) is 26.3. The summed E-state index contributed by atoms with van der Waals surface area (Å²) in [5, 5.41) is 13.4. The van der Waals surface area contributed by atoms with Crippen LogP contribution in [0.5, 0.6) is 0 Å². The molecule has 0 aliphatic carbocycles. The highest BCUT2D eigenvalue weighted by atomic mass is 16.6. The zero-order valence-corrected chi connectivity index (χ0v) is 11.3. The smallest absolute Gasteiger partial charge is 0.292 e. The maximum absolute atomic E-state index is 12.1. The zero-order valence-electron chi connectivity index (χ0n) is 11.3. The van der Waals surface area contributed by atoms with E-state index in [-0.39, 0.29) is 28.9 Å². The van der Waals surface area contributed by atoms with E-state index in [1.807, 2.05) is 6.07 Å². The van der Waals surface area contributed by atoms with Crippen LogP contribution in [0.2, 0.25) is 0 Å². The molecule has 0 bridgehead atoms. The Labute approximate surface area is 121 Å². The lowest BCUT2D eigenvalue weighted by Crippen LogP contribution is -2.27. The summed E-state index contributed by atoms with van der Waals surface area (Å²) in [6, 6.07) is 9.01. The summed E-state index contributed by atoms with van der Waals surface area (Å²) in [5.41, 5.74) is 6.29. The molecule has 1 aromatic carbocycles. The van der Waals surface area contributed by atoms with Crippen LogP contribution in [0.3, 0.4) is 0 Å². The lowest BCUT2D eigenvalue weighted by molar-refractivity contribution is -0.383. The maximum Gasteiger partial charge on any atom is 0.292 e. The molecule has 2 aromatic rings. The van der Waals surface area contributed by atoms with E-state index in [1.54, 1.807) is 25.3 Å². The second-order valence-corrected chi connectivity index (χ2v) is 4.48. The van der Waals surface area contributed by atoms with Crippen LogP contribution in [-0.4, -0.2) is 15.8 Å². The summed E-state index contributed by atoms with van der Waals surface area (Å²) in [5.74, 6) is -0.366. The molecular formula is C14H14N4O3. The molecule has 0 fully saturated rings. The molecule has 0 aliphatic rings. The predicted molar refractivity (Wildman–Crippen MR) is 77.6 cm³/mol. The number of carbonyl (C=O) groups excluding carboxylic acids is 1. The number of benzene rings is 1. The zero-order chi connectivity index (χ0) is 15.4. The van der Waals surface area contributed by atoms with Crippen LogP contribution in [0.1, 0.15) is 29.0 Å². The van der Waals surface area contributed by atoms with E-state index < -0.39 is 4.92 Å². The van der Waals surface area contributed by atoms with Gasteiger partial charge in [0.2, 0.25) is 0 Å². The Bertz CT molecular complexity index is 673. The molecule has 21 heavy (non-hydrogen) atoms. The van der Waals surface area contributed by atoms with Crippen LogP contribution in [-0.2, 0) is 0 Å². The van der Waals surface area contributed by atoms with Crippen molar-refractivity contribution < 1.29 is 9.72 Å². The molecule has 7 nitrogen and oxygen atoms in total. The lowest BCUT2D eigenvalue weighted by atomic mass is 10.1. The number of pyridine rings is 1. The molecule has 1 atom stereocenters. The lowest BCUT2D eigenvalue weighted by Gasteiger charge is -2.13. The van der Waals surface area contributed by atoms with E-state index in [0.717, 1.165) is 5.69 Å². The van der Waals surface area contributed by atoms with E-state index in [2.05, 4.69) is 10.3 Å². The van der Waals surface area contributed by atoms with E-state index in [1.165, 1.54) is 18.2 Å². The molecule has 1 amide bonds. The van der Waals surface area contributed by atoms with Gasteiger partial charge in [-0.25, -0.2) is 0 Å². The highest BCUT2D eigenvalue weighted by Gasteiger charge is 2.16. The molecule has 1 aromatic heterocycles. The van der Waals surface area contributed by atoms with Gasteiger partial charge in [-0.1, -0.05) is 6.07 Å². The topological polar surface area (TPSA) is 111 Å². The molecule has 0 radical (unpaired) electrons. The van der Waals surface area contributed by atoms with Gasteiger partial charge in [0.1, 0.15) is 5.69 Å². The molecule has 0 saturated heterocycles. The van der Waals surface area contributed by atoms with E-state index >= 15 is 0 Å². The maximum atomic E-state index is 12.1. The van der Waals surface area contributed by atoms with Gasteiger partial charge in [-0.05, 0) is 31.2 Å². The van der Waals surface area contributed by atoms with Gasteiger partial charge in [0.05, 0.1) is 16.7 Å². The number of nitrogen functional groups attached to an aromatic ring is 1. The minimum absolute atomic E-state index is 0.0434. The molecule has 0 aliphatic heterocycles. The van der Waals surface area contributed by atoms with Crippen molar-refractivity contribution in [2.24, 2.45) is 0 Å². The van der Waals surface area contributed by atoms with Crippen molar-refractivity contribution in [1.29, 1.82) is 0 Å². The Morgan fingerprint density at radius 1 is 1.38 bits per heavy atom. The molecule has 2 rings (SSSR count). The fourth-order valence-corrected chi connectivity index (χ4v) is 1.85. The van der Waals surface area contributed by atoms with Gasteiger partial charge in [0, 0.05) is 17.8 Å². The monoisotopic (exact) mass is 286 g/mol. The Hall–Kier alpha value is -2.96. The van der Waals surface area contributed by atoms with Gasteiger partial charge in [-0.2, -0.15) is 0 Å². The quantitative estimate of drug-likeness (QED) is 0.507. The summed E-state index contributed by atoms with van der Waals surface area (Å²) in [6.45, 7) is 1.80. The number of nitrogens with zero attached hydrogens (tertiary/aromatic N) is 2. The summed E-state index contributed by atoms with van der Waals surface area (Å²) >= 11 is 0.